The van der Waals surface area contributed by atoms with E-state index in [0.717, 1.165) is 16.9 Å². The molecule has 0 saturated heterocycles. The van der Waals surface area contributed by atoms with E-state index >= 15 is 0 Å². The Hall–Kier alpha value is -1.60. The van der Waals surface area contributed by atoms with Gasteiger partial charge in [-0.15, -0.1) is 28.1 Å². The largest absolute Gasteiger partial charge is 0.352 e. The third-order valence-electron chi connectivity index (χ3n) is 4.89. The Kier molecular flexibility index (Phi) is 6.19. The fourth-order valence-corrected chi connectivity index (χ4v) is 5.29. The number of thioether (sulfide) groups is 1. The van der Waals surface area contributed by atoms with Gasteiger partial charge in [0.15, 0.2) is 11.0 Å². The van der Waals surface area contributed by atoms with Crippen LogP contribution in [-0.2, 0) is 24.7 Å². The fourth-order valence-electron chi connectivity index (χ4n) is 3.22. The highest BCUT2D eigenvalue weighted by molar-refractivity contribution is 8.00. The summed E-state index contributed by atoms with van der Waals surface area (Å²) < 4.78 is 2.00. The number of fused-ring (bicyclic) bond motifs is 1. The SMILES string of the molecule is C=CCNC(=O)C(C)Sc1nnc(-c2cc3c(s2)CCC(CC)C3)n1C. The van der Waals surface area contributed by atoms with Crippen LogP contribution in [0.3, 0.4) is 0 Å². The van der Waals surface area contributed by atoms with Crippen LogP contribution in [0.25, 0.3) is 10.7 Å². The van der Waals surface area contributed by atoms with Gasteiger partial charge in [-0.05, 0) is 43.7 Å². The van der Waals surface area contributed by atoms with E-state index in [1.54, 1.807) is 6.08 Å². The van der Waals surface area contributed by atoms with E-state index in [0.29, 0.717) is 6.54 Å². The zero-order valence-corrected chi connectivity index (χ0v) is 17.3. The van der Waals surface area contributed by atoms with Crippen LogP contribution in [0.1, 0.15) is 37.1 Å². The predicted molar refractivity (Wildman–Crippen MR) is 109 cm³/mol. The normalized spacial score (nSPS) is 17.6. The lowest BCUT2D eigenvalue weighted by molar-refractivity contribution is -0.120. The van der Waals surface area contributed by atoms with E-state index < -0.39 is 0 Å². The highest BCUT2D eigenvalue weighted by Crippen LogP contribution is 2.38. The summed E-state index contributed by atoms with van der Waals surface area (Å²) >= 11 is 3.27. The lowest BCUT2D eigenvalue weighted by Crippen LogP contribution is -2.31. The maximum atomic E-state index is 12.1. The van der Waals surface area contributed by atoms with Gasteiger partial charge in [0.05, 0.1) is 10.1 Å². The maximum Gasteiger partial charge on any atom is 0.233 e. The number of hydrogen-bond donors (Lipinski definition) is 1. The molecule has 0 bridgehead atoms. The summed E-state index contributed by atoms with van der Waals surface area (Å²) in [5.41, 5.74) is 1.48. The highest BCUT2D eigenvalue weighted by atomic mass is 32.2. The highest BCUT2D eigenvalue weighted by Gasteiger charge is 2.23. The van der Waals surface area contributed by atoms with Gasteiger partial charge in [0.25, 0.3) is 0 Å². The first-order valence-corrected chi connectivity index (χ1v) is 10.8. The molecule has 7 heteroatoms. The minimum atomic E-state index is -0.229. The lowest BCUT2D eigenvalue weighted by atomic mass is 9.87. The molecule has 0 aliphatic heterocycles. The molecule has 2 aromatic rings. The van der Waals surface area contributed by atoms with Crippen molar-refractivity contribution in [1.82, 2.24) is 20.1 Å². The third-order valence-corrected chi connectivity index (χ3v) is 7.26. The van der Waals surface area contributed by atoms with E-state index in [4.69, 9.17) is 0 Å². The number of aromatic nitrogens is 3. The zero-order valence-electron chi connectivity index (χ0n) is 15.6. The molecule has 26 heavy (non-hydrogen) atoms. The standard InChI is InChI=1S/C19H26N4OS2/c1-5-9-20-18(24)12(3)25-19-22-21-17(23(19)4)16-11-14-10-13(6-2)7-8-15(14)26-16/h5,11-13H,1,6-10H2,2-4H3,(H,20,24). The Morgan fingerprint density at radius 2 is 2.38 bits per heavy atom. The number of carbonyl (C=O) groups excluding carboxylic acids is 1. The molecule has 1 aliphatic rings. The van der Waals surface area contributed by atoms with E-state index in [1.807, 2.05) is 29.9 Å². The van der Waals surface area contributed by atoms with Gasteiger partial charge in [-0.25, -0.2) is 0 Å². The summed E-state index contributed by atoms with van der Waals surface area (Å²) in [5.74, 6) is 1.68. The number of hydrogen-bond acceptors (Lipinski definition) is 5. The Balaban J connectivity index is 1.74. The van der Waals surface area contributed by atoms with Crippen LogP contribution in [0.15, 0.2) is 23.9 Å². The Morgan fingerprint density at radius 1 is 1.58 bits per heavy atom. The molecule has 0 fully saturated rings. The average molecular weight is 391 g/mol. The van der Waals surface area contributed by atoms with E-state index in [2.05, 4.69) is 35.1 Å². The molecular weight excluding hydrogens is 364 g/mol. The molecule has 0 aromatic carbocycles. The summed E-state index contributed by atoms with van der Waals surface area (Å²) in [6.45, 7) is 8.26. The summed E-state index contributed by atoms with van der Waals surface area (Å²) in [6.07, 6.45) is 6.58. The molecule has 0 spiro atoms. The minimum Gasteiger partial charge on any atom is -0.352 e. The van der Waals surface area contributed by atoms with Crippen molar-refractivity contribution < 1.29 is 4.79 Å². The Bertz CT molecular complexity index is 796. The number of thiophene rings is 1. The molecule has 3 rings (SSSR count). The first-order chi connectivity index (χ1) is 12.5. The minimum absolute atomic E-state index is 0.0170. The van der Waals surface area contributed by atoms with Crippen molar-refractivity contribution in [2.24, 2.45) is 13.0 Å². The van der Waals surface area contributed by atoms with Crippen LogP contribution in [0.4, 0.5) is 0 Å². The van der Waals surface area contributed by atoms with Crippen molar-refractivity contribution in [1.29, 1.82) is 0 Å². The fraction of sp³-hybridized carbons (Fsp3) is 0.526. The van der Waals surface area contributed by atoms with Crippen LogP contribution in [-0.4, -0.2) is 32.5 Å². The van der Waals surface area contributed by atoms with Gasteiger partial charge in [0.2, 0.25) is 5.91 Å². The molecule has 5 nitrogen and oxygen atoms in total. The number of rotatable bonds is 7. The molecule has 1 amide bonds. The molecule has 140 valence electrons. The second-order valence-electron chi connectivity index (χ2n) is 6.74. The second kappa shape index (κ2) is 8.39. The number of aryl methyl sites for hydroxylation is 1. The van der Waals surface area contributed by atoms with Crippen LogP contribution in [0.2, 0.25) is 0 Å². The first-order valence-electron chi connectivity index (χ1n) is 9.10. The van der Waals surface area contributed by atoms with Gasteiger partial charge < -0.3 is 9.88 Å². The number of nitrogens with one attached hydrogen (secondary N) is 1. The third kappa shape index (κ3) is 4.04. The quantitative estimate of drug-likeness (QED) is 0.576. The zero-order chi connectivity index (χ0) is 18.7. The summed E-state index contributed by atoms with van der Waals surface area (Å²) in [5, 5.41) is 12.1. The Morgan fingerprint density at radius 3 is 3.12 bits per heavy atom. The molecular formula is C19H26N4OS2. The van der Waals surface area contributed by atoms with E-state index in [1.165, 1.54) is 52.8 Å². The number of amides is 1. The van der Waals surface area contributed by atoms with Gasteiger partial charge in [0, 0.05) is 18.5 Å². The second-order valence-corrected chi connectivity index (χ2v) is 9.18. The molecule has 2 heterocycles. The molecule has 2 atom stereocenters. The van der Waals surface area contributed by atoms with Gasteiger partial charge in [0.1, 0.15) is 0 Å². The van der Waals surface area contributed by atoms with Gasteiger partial charge in [-0.1, -0.05) is 31.2 Å². The molecule has 1 N–H and O–H groups in total. The smallest absolute Gasteiger partial charge is 0.233 e. The Labute approximate surface area is 163 Å². The number of nitrogens with zero attached hydrogens (tertiary/aromatic N) is 3. The topological polar surface area (TPSA) is 59.8 Å². The molecule has 1 aliphatic carbocycles. The first kappa shape index (κ1) is 19.2. The van der Waals surface area contributed by atoms with Crippen molar-refractivity contribution in [3.63, 3.8) is 0 Å². The van der Waals surface area contributed by atoms with Crippen LogP contribution < -0.4 is 5.32 Å². The van der Waals surface area contributed by atoms with Gasteiger partial charge in [-0.3, -0.25) is 4.79 Å². The summed E-state index contributed by atoms with van der Waals surface area (Å²) in [6, 6.07) is 2.29. The summed E-state index contributed by atoms with van der Waals surface area (Å²) in [7, 11) is 1.97. The maximum absolute atomic E-state index is 12.1. The predicted octanol–water partition coefficient (Wildman–Crippen LogP) is 3.84. The molecule has 2 unspecified atom stereocenters. The molecule has 0 saturated carbocycles. The molecule has 2 aromatic heterocycles. The van der Waals surface area contributed by atoms with E-state index in [9.17, 15) is 4.79 Å². The monoisotopic (exact) mass is 390 g/mol. The van der Waals surface area contributed by atoms with Crippen molar-refractivity contribution in [3.8, 4) is 10.7 Å². The average Bonchev–Trinajstić information content (AvgIpc) is 3.22. The van der Waals surface area contributed by atoms with Crippen LogP contribution in [0, 0.1) is 5.92 Å². The van der Waals surface area contributed by atoms with Gasteiger partial charge >= 0.3 is 0 Å². The van der Waals surface area contributed by atoms with Crippen molar-refractivity contribution in [3.05, 3.63) is 29.2 Å². The molecule has 0 radical (unpaired) electrons. The van der Waals surface area contributed by atoms with Crippen molar-refractivity contribution in [2.75, 3.05) is 6.54 Å². The number of carbonyl (C=O) groups is 1. The van der Waals surface area contributed by atoms with Crippen molar-refractivity contribution >= 4 is 29.0 Å². The van der Waals surface area contributed by atoms with Crippen LogP contribution >= 0.6 is 23.1 Å². The van der Waals surface area contributed by atoms with E-state index in [-0.39, 0.29) is 11.2 Å². The van der Waals surface area contributed by atoms with Crippen molar-refractivity contribution in [2.45, 2.75) is 49.9 Å². The van der Waals surface area contributed by atoms with Gasteiger partial charge in [-0.2, -0.15) is 0 Å². The summed E-state index contributed by atoms with van der Waals surface area (Å²) in [4.78, 5) is 14.7. The van der Waals surface area contributed by atoms with Crippen LogP contribution in [0.5, 0.6) is 0 Å². The lowest BCUT2D eigenvalue weighted by Gasteiger charge is -2.19.